The molecule has 1 aromatic heterocycles. The lowest BCUT2D eigenvalue weighted by atomic mass is 9.89. The molecule has 2 aliphatic rings. The van der Waals surface area contributed by atoms with Crippen LogP contribution in [0.5, 0.6) is 0 Å². The Morgan fingerprint density at radius 1 is 1.08 bits per heavy atom. The monoisotopic (exact) mass is 366 g/mol. The van der Waals surface area contributed by atoms with E-state index in [-0.39, 0.29) is 11.9 Å². The van der Waals surface area contributed by atoms with Crippen LogP contribution >= 0.6 is 11.8 Å². The molecule has 1 atom stereocenters. The van der Waals surface area contributed by atoms with Gasteiger partial charge >= 0.3 is 6.03 Å². The zero-order chi connectivity index (χ0) is 17.6. The van der Waals surface area contributed by atoms with E-state index in [4.69, 9.17) is 4.42 Å². The molecule has 7 nitrogen and oxygen atoms in total. The Hall–Kier alpha value is -1.57. The van der Waals surface area contributed by atoms with Gasteiger partial charge in [-0.05, 0) is 32.6 Å². The van der Waals surface area contributed by atoms with E-state index in [2.05, 4.69) is 20.8 Å². The lowest BCUT2D eigenvalue weighted by Gasteiger charge is -2.17. The number of imide groups is 1. The molecular weight excluding hydrogens is 340 g/mol. The normalized spacial score (nSPS) is 20.4. The number of amides is 3. The van der Waals surface area contributed by atoms with Crippen molar-refractivity contribution < 1.29 is 14.0 Å². The van der Waals surface area contributed by atoms with E-state index < -0.39 is 11.3 Å². The van der Waals surface area contributed by atoms with Crippen molar-refractivity contribution in [1.82, 2.24) is 20.8 Å². The van der Waals surface area contributed by atoms with Crippen molar-refractivity contribution in [2.75, 3.05) is 0 Å². The van der Waals surface area contributed by atoms with Gasteiger partial charge in [0.05, 0.1) is 5.25 Å². The summed E-state index contributed by atoms with van der Waals surface area (Å²) in [4.78, 5) is 24.0. The molecule has 8 heteroatoms. The average Bonchev–Trinajstić information content (AvgIpc) is 3.27. The van der Waals surface area contributed by atoms with Crippen molar-refractivity contribution in [2.24, 2.45) is 0 Å². The minimum absolute atomic E-state index is 0.185. The fourth-order valence-corrected chi connectivity index (χ4v) is 4.18. The van der Waals surface area contributed by atoms with Gasteiger partial charge in [0.2, 0.25) is 11.8 Å². The van der Waals surface area contributed by atoms with Gasteiger partial charge in [0.15, 0.2) is 0 Å². The Labute approximate surface area is 152 Å². The largest absolute Gasteiger partial charge is 0.416 e. The third-order valence-corrected chi connectivity index (χ3v) is 5.88. The van der Waals surface area contributed by atoms with E-state index in [9.17, 15) is 9.59 Å². The summed E-state index contributed by atoms with van der Waals surface area (Å²) < 4.78 is 5.72. The van der Waals surface area contributed by atoms with E-state index in [0.29, 0.717) is 17.0 Å². The van der Waals surface area contributed by atoms with Crippen LogP contribution in [0, 0.1) is 0 Å². The van der Waals surface area contributed by atoms with Gasteiger partial charge < -0.3 is 9.73 Å². The molecule has 0 radical (unpaired) electrons. The predicted octanol–water partition coefficient (Wildman–Crippen LogP) is 3.37. The molecule has 0 unspecified atom stereocenters. The number of thioether (sulfide) groups is 1. The molecule has 1 heterocycles. The Kier molecular flexibility index (Phi) is 6.34. The third-order valence-electron chi connectivity index (χ3n) is 4.95. The second kappa shape index (κ2) is 8.69. The van der Waals surface area contributed by atoms with Crippen LogP contribution in [0.1, 0.15) is 76.5 Å². The highest BCUT2D eigenvalue weighted by molar-refractivity contribution is 8.00. The standard InChI is InChI=1S/C17H26N4O3S/c1-11(14(22)19-16(23)18-13-9-5-6-10-13)25-17-21-20-15(24-17)12-7-3-2-4-8-12/h11-13H,2-10H2,1H3,(H2,18,19,22,23)/t11-/m1/s1. The molecule has 0 aliphatic heterocycles. The van der Waals surface area contributed by atoms with Crippen LogP contribution in [0.25, 0.3) is 0 Å². The first-order chi connectivity index (χ1) is 12.1. The minimum Gasteiger partial charge on any atom is -0.416 e. The molecule has 0 saturated heterocycles. The van der Waals surface area contributed by atoms with E-state index >= 15 is 0 Å². The number of carbonyl (C=O) groups excluding carboxylic acids is 2. The van der Waals surface area contributed by atoms with Gasteiger partial charge in [-0.3, -0.25) is 10.1 Å². The van der Waals surface area contributed by atoms with Gasteiger partial charge in [0, 0.05) is 12.0 Å². The fraction of sp³-hybridized carbons (Fsp3) is 0.765. The number of nitrogens with one attached hydrogen (secondary N) is 2. The zero-order valence-electron chi connectivity index (χ0n) is 14.6. The second-order valence-electron chi connectivity index (χ2n) is 6.95. The molecule has 2 N–H and O–H groups in total. The molecule has 2 aliphatic carbocycles. The van der Waals surface area contributed by atoms with Gasteiger partial charge in [0.25, 0.3) is 5.22 Å². The molecule has 0 bridgehead atoms. The Morgan fingerprint density at radius 2 is 1.76 bits per heavy atom. The van der Waals surface area contributed by atoms with Crippen LogP contribution in [-0.4, -0.2) is 33.4 Å². The summed E-state index contributed by atoms with van der Waals surface area (Å²) in [6.45, 7) is 1.73. The maximum absolute atomic E-state index is 12.2. The summed E-state index contributed by atoms with van der Waals surface area (Å²) in [5.41, 5.74) is 0. The highest BCUT2D eigenvalue weighted by Gasteiger charge is 2.25. The Morgan fingerprint density at radius 3 is 2.48 bits per heavy atom. The molecule has 2 fully saturated rings. The highest BCUT2D eigenvalue weighted by Crippen LogP contribution is 2.33. The van der Waals surface area contributed by atoms with E-state index in [1.54, 1.807) is 6.92 Å². The topological polar surface area (TPSA) is 97.1 Å². The molecule has 2 saturated carbocycles. The predicted molar refractivity (Wildman–Crippen MR) is 94.4 cm³/mol. The van der Waals surface area contributed by atoms with Crippen molar-refractivity contribution in [3.8, 4) is 0 Å². The first-order valence-electron chi connectivity index (χ1n) is 9.23. The third kappa shape index (κ3) is 5.20. The maximum Gasteiger partial charge on any atom is 0.321 e. The lowest BCUT2D eigenvalue weighted by Crippen LogP contribution is -2.45. The molecule has 138 valence electrons. The van der Waals surface area contributed by atoms with Crippen LogP contribution in [0.15, 0.2) is 9.64 Å². The lowest BCUT2D eigenvalue weighted by molar-refractivity contribution is -0.119. The number of aromatic nitrogens is 2. The first kappa shape index (κ1) is 18.2. The summed E-state index contributed by atoms with van der Waals surface area (Å²) in [6.07, 6.45) is 10.1. The van der Waals surface area contributed by atoms with E-state index in [1.165, 1.54) is 31.0 Å². The molecule has 0 spiro atoms. The smallest absolute Gasteiger partial charge is 0.321 e. The number of urea groups is 1. The average molecular weight is 366 g/mol. The summed E-state index contributed by atoms with van der Waals surface area (Å²) >= 11 is 1.19. The Balaban J connectivity index is 1.46. The number of nitrogens with zero attached hydrogens (tertiary/aromatic N) is 2. The van der Waals surface area contributed by atoms with Gasteiger partial charge in [-0.2, -0.15) is 0 Å². The van der Waals surface area contributed by atoms with Crippen LogP contribution < -0.4 is 10.6 Å². The zero-order valence-corrected chi connectivity index (χ0v) is 15.4. The molecule has 0 aromatic carbocycles. The molecule has 3 amide bonds. The van der Waals surface area contributed by atoms with Gasteiger partial charge in [-0.25, -0.2) is 4.79 Å². The highest BCUT2D eigenvalue weighted by atomic mass is 32.2. The SMILES string of the molecule is C[C@@H](Sc1nnc(C2CCCCC2)o1)C(=O)NC(=O)NC1CCCC1. The molecule has 3 rings (SSSR count). The van der Waals surface area contributed by atoms with Crippen LogP contribution in [0.4, 0.5) is 4.79 Å². The van der Waals surface area contributed by atoms with Crippen LogP contribution in [0.3, 0.4) is 0 Å². The first-order valence-corrected chi connectivity index (χ1v) is 10.1. The number of hydrogen-bond donors (Lipinski definition) is 2. The summed E-state index contributed by atoms with van der Waals surface area (Å²) in [5.74, 6) is 0.670. The van der Waals surface area contributed by atoms with E-state index in [0.717, 1.165) is 38.5 Å². The van der Waals surface area contributed by atoms with Crippen molar-refractivity contribution in [2.45, 2.75) is 87.1 Å². The number of carbonyl (C=O) groups is 2. The second-order valence-corrected chi connectivity index (χ2v) is 8.24. The summed E-state index contributed by atoms with van der Waals surface area (Å²) in [6, 6.07) is -0.234. The van der Waals surface area contributed by atoms with Crippen molar-refractivity contribution in [1.29, 1.82) is 0 Å². The van der Waals surface area contributed by atoms with Crippen molar-refractivity contribution >= 4 is 23.7 Å². The van der Waals surface area contributed by atoms with Crippen LogP contribution in [0.2, 0.25) is 0 Å². The fourth-order valence-electron chi connectivity index (χ4n) is 3.49. The quantitative estimate of drug-likeness (QED) is 0.776. The summed E-state index contributed by atoms with van der Waals surface area (Å²) in [7, 11) is 0. The minimum atomic E-state index is -0.478. The van der Waals surface area contributed by atoms with E-state index in [1.807, 2.05) is 0 Å². The number of hydrogen-bond acceptors (Lipinski definition) is 6. The van der Waals surface area contributed by atoms with Crippen LogP contribution in [-0.2, 0) is 4.79 Å². The van der Waals surface area contributed by atoms with Crippen molar-refractivity contribution in [3.05, 3.63) is 5.89 Å². The van der Waals surface area contributed by atoms with Gasteiger partial charge in [0.1, 0.15) is 0 Å². The Bertz CT molecular complexity index is 594. The van der Waals surface area contributed by atoms with Crippen molar-refractivity contribution in [3.63, 3.8) is 0 Å². The number of rotatable bonds is 5. The maximum atomic E-state index is 12.2. The summed E-state index contributed by atoms with van der Waals surface area (Å²) in [5, 5.41) is 13.3. The van der Waals surface area contributed by atoms with Gasteiger partial charge in [-0.15, -0.1) is 10.2 Å². The molecule has 25 heavy (non-hydrogen) atoms. The molecule has 1 aromatic rings. The van der Waals surface area contributed by atoms with Gasteiger partial charge in [-0.1, -0.05) is 43.9 Å². The molecular formula is C17H26N4O3S.